The van der Waals surface area contributed by atoms with Crippen LogP contribution in [0.25, 0.3) is 0 Å². The lowest BCUT2D eigenvalue weighted by atomic mass is 10.2. The highest BCUT2D eigenvalue weighted by molar-refractivity contribution is 7.89. The van der Waals surface area contributed by atoms with Crippen molar-refractivity contribution in [2.75, 3.05) is 18.4 Å². The largest absolute Gasteiger partial charge is 0.507 e. The van der Waals surface area contributed by atoms with Crippen LogP contribution in [0.15, 0.2) is 53.4 Å². The van der Waals surface area contributed by atoms with Crippen LogP contribution in [0.5, 0.6) is 5.75 Å². The summed E-state index contributed by atoms with van der Waals surface area (Å²) >= 11 is 0. The molecule has 8 nitrogen and oxygen atoms in total. The van der Waals surface area contributed by atoms with E-state index in [0.29, 0.717) is 18.8 Å². The molecule has 0 bridgehead atoms. The lowest BCUT2D eigenvalue weighted by molar-refractivity contribution is -0.123. The van der Waals surface area contributed by atoms with Crippen molar-refractivity contribution in [1.82, 2.24) is 4.31 Å². The number of amides is 1. The maximum absolute atomic E-state index is 12.5. The average molecular weight is 418 g/mol. The molecule has 0 unspecified atom stereocenters. The van der Waals surface area contributed by atoms with E-state index in [-0.39, 0.29) is 16.2 Å². The first-order chi connectivity index (χ1) is 13.8. The Morgan fingerprint density at radius 2 is 1.69 bits per heavy atom. The molecule has 0 aromatic heterocycles. The highest BCUT2D eigenvalue weighted by atomic mass is 32.2. The lowest BCUT2D eigenvalue weighted by Gasteiger charge is -2.16. The number of phenols is 1. The second-order valence-electron chi connectivity index (χ2n) is 6.69. The zero-order valence-electron chi connectivity index (χ0n) is 15.9. The van der Waals surface area contributed by atoms with Gasteiger partial charge >= 0.3 is 5.97 Å². The van der Waals surface area contributed by atoms with Crippen molar-refractivity contribution < 1.29 is 27.9 Å². The van der Waals surface area contributed by atoms with Crippen LogP contribution in [0.1, 0.15) is 30.1 Å². The Kier molecular flexibility index (Phi) is 6.19. The zero-order valence-corrected chi connectivity index (χ0v) is 16.7. The van der Waals surface area contributed by atoms with Gasteiger partial charge in [0.05, 0.1) is 4.90 Å². The number of nitrogens with one attached hydrogen (secondary N) is 1. The summed E-state index contributed by atoms with van der Waals surface area (Å²) < 4.78 is 31.6. The molecule has 1 amide bonds. The Morgan fingerprint density at radius 3 is 2.31 bits per heavy atom. The normalized spacial score (nSPS) is 15.6. The van der Waals surface area contributed by atoms with Crippen LogP contribution in [0, 0.1) is 0 Å². The number of esters is 1. The van der Waals surface area contributed by atoms with E-state index >= 15 is 0 Å². The number of carbonyl (C=O) groups excluding carboxylic acids is 2. The molecule has 1 heterocycles. The molecule has 9 heteroatoms. The number of phenolic OH excluding ortho intramolecular Hbond substituents is 1. The van der Waals surface area contributed by atoms with Gasteiger partial charge in [-0.05, 0) is 56.2 Å². The summed E-state index contributed by atoms with van der Waals surface area (Å²) in [4.78, 5) is 24.5. The van der Waals surface area contributed by atoms with Crippen molar-refractivity contribution in [3.05, 3.63) is 54.1 Å². The van der Waals surface area contributed by atoms with E-state index in [1.807, 2.05) is 0 Å². The van der Waals surface area contributed by atoms with E-state index in [1.54, 1.807) is 12.1 Å². The van der Waals surface area contributed by atoms with Crippen LogP contribution < -0.4 is 5.32 Å². The number of para-hydroxylation sites is 1. The number of anilines is 1. The Hall–Kier alpha value is -2.91. The Balaban J connectivity index is 1.61. The minimum absolute atomic E-state index is 0.0383. The van der Waals surface area contributed by atoms with Crippen molar-refractivity contribution in [2.45, 2.75) is 30.8 Å². The van der Waals surface area contributed by atoms with Gasteiger partial charge in [-0.1, -0.05) is 12.1 Å². The van der Waals surface area contributed by atoms with Crippen LogP contribution >= 0.6 is 0 Å². The molecule has 1 saturated heterocycles. The van der Waals surface area contributed by atoms with Crippen molar-refractivity contribution >= 4 is 27.6 Å². The van der Waals surface area contributed by atoms with Gasteiger partial charge in [-0.2, -0.15) is 4.31 Å². The van der Waals surface area contributed by atoms with Gasteiger partial charge in [-0.25, -0.2) is 13.2 Å². The summed E-state index contributed by atoms with van der Waals surface area (Å²) in [6, 6.07) is 11.7. The quantitative estimate of drug-likeness (QED) is 0.697. The van der Waals surface area contributed by atoms with Crippen LogP contribution in [-0.2, 0) is 19.6 Å². The molecule has 2 aromatic rings. The highest BCUT2D eigenvalue weighted by Gasteiger charge is 2.27. The summed E-state index contributed by atoms with van der Waals surface area (Å²) in [7, 11) is -3.52. The molecule has 0 saturated carbocycles. The van der Waals surface area contributed by atoms with Gasteiger partial charge in [0.2, 0.25) is 10.0 Å². The zero-order chi connectivity index (χ0) is 21.0. The fourth-order valence-corrected chi connectivity index (χ4v) is 4.47. The van der Waals surface area contributed by atoms with E-state index < -0.39 is 28.0 Å². The van der Waals surface area contributed by atoms with E-state index in [1.165, 1.54) is 47.6 Å². The van der Waals surface area contributed by atoms with Crippen molar-refractivity contribution in [1.29, 1.82) is 0 Å². The van der Waals surface area contributed by atoms with Gasteiger partial charge in [0.15, 0.2) is 6.10 Å². The summed E-state index contributed by atoms with van der Waals surface area (Å²) in [6.07, 6.45) is 0.588. The Morgan fingerprint density at radius 1 is 1.07 bits per heavy atom. The van der Waals surface area contributed by atoms with E-state index in [4.69, 9.17) is 4.74 Å². The van der Waals surface area contributed by atoms with Crippen LogP contribution in [0.4, 0.5) is 5.69 Å². The highest BCUT2D eigenvalue weighted by Crippen LogP contribution is 2.22. The number of rotatable bonds is 6. The molecule has 2 aromatic carbocycles. The number of sulfonamides is 1. The Labute approximate surface area is 169 Å². The third-order valence-corrected chi connectivity index (χ3v) is 6.51. The van der Waals surface area contributed by atoms with Crippen molar-refractivity contribution in [3.63, 3.8) is 0 Å². The Bertz CT molecular complexity index is 998. The second kappa shape index (κ2) is 8.62. The van der Waals surface area contributed by atoms with E-state index in [9.17, 15) is 23.1 Å². The first-order valence-corrected chi connectivity index (χ1v) is 10.6. The molecule has 29 heavy (non-hydrogen) atoms. The van der Waals surface area contributed by atoms with Gasteiger partial charge in [0, 0.05) is 18.8 Å². The molecule has 154 valence electrons. The molecule has 1 fully saturated rings. The van der Waals surface area contributed by atoms with Gasteiger partial charge in [-0.3, -0.25) is 4.79 Å². The lowest BCUT2D eigenvalue weighted by Crippen LogP contribution is -2.30. The summed E-state index contributed by atoms with van der Waals surface area (Å²) in [5, 5.41) is 12.3. The average Bonchev–Trinajstić information content (AvgIpc) is 3.24. The first-order valence-electron chi connectivity index (χ1n) is 9.19. The van der Waals surface area contributed by atoms with E-state index in [0.717, 1.165) is 12.8 Å². The monoisotopic (exact) mass is 418 g/mol. The second-order valence-corrected chi connectivity index (χ2v) is 8.63. The number of aromatic hydroxyl groups is 1. The number of hydrogen-bond acceptors (Lipinski definition) is 6. The molecule has 1 aliphatic heterocycles. The number of carbonyl (C=O) groups is 2. The SMILES string of the molecule is C[C@@H](OC(=O)c1ccccc1O)C(=O)Nc1ccc(S(=O)(=O)N2CCCC2)cc1. The minimum atomic E-state index is -3.52. The van der Waals surface area contributed by atoms with Crippen LogP contribution in [0.2, 0.25) is 0 Å². The number of benzene rings is 2. The fraction of sp³-hybridized carbons (Fsp3) is 0.300. The summed E-state index contributed by atoms with van der Waals surface area (Å²) in [5.41, 5.74) is 0.337. The first kappa shape index (κ1) is 20.8. The molecule has 1 atom stereocenters. The number of ether oxygens (including phenoxy) is 1. The third kappa shape index (κ3) is 4.75. The maximum Gasteiger partial charge on any atom is 0.342 e. The number of hydrogen-bond donors (Lipinski definition) is 2. The third-order valence-electron chi connectivity index (χ3n) is 4.60. The number of nitrogens with zero attached hydrogens (tertiary/aromatic N) is 1. The molecule has 2 N–H and O–H groups in total. The summed E-state index contributed by atoms with van der Waals surface area (Å²) in [5.74, 6) is -1.64. The smallest absolute Gasteiger partial charge is 0.342 e. The molecule has 0 radical (unpaired) electrons. The molecular weight excluding hydrogens is 396 g/mol. The van der Waals surface area contributed by atoms with Gasteiger partial charge in [-0.15, -0.1) is 0 Å². The van der Waals surface area contributed by atoms with Crippen molar-refractivity contribution in [2.24, 2.45) is 0 Å². The van der Waals surface area contributed by atoms with Crippen LogP contribution in [0.3, 0.4) is 0 Å². The molecular formula is C20H22N2O6S. The standard InChI is InChI=1S/C20H22N2O6S/c1-14(28-20(25)17-6-2-3-7-18(17)23)19(24)21-15-8-10-16(11-9-15)29(26,27)22-12-4-5-13-22/h2-3,6-11,14,23H,4-5,12-13H2,1H3,(H,21,24)/t14-/m1/s1. The van der Waals surface area contributed by atoms with Crippen molar-refractivity contribution in [3.8, 4) is 5.75 Å². The minimum Gasteiger partial charge on any atom is -0.507 e. The molecule has 1 aliphatic rings. The molecule has 3 rings (SSSR count). The molecule has 0 aliphatic carbocycles. The van der Waals surface area contributed by atoms with Gasteiger partial charge < -0.3 is 15.2 Å². The summed E-state index contributed by atoms with van der Waals surface area (Å²) in [6.45, 7) is 2.43. The van der Waals surface area contributed by atoms with Crippen LogP contribution in [-0.4, -0.2) is 48.9 Å². The maximum atomic E-state index is 12.5. The topological polar surface area (TPSA) is 113 Å². The van der Waals surface area contributed by atoms with E-state index in [2.05, 4.69) is 5.32 Å². The predicted molar refractivity (Wildman–Crippen MR) is 106 cm³/mol. The van der Waals surface area contributed by atoms with Gasteiger partial charge in [0.25, 0.3) is 5.91 Å². The fourth-order valence-electron chi connectivity index (χ4n) is 2.96. The molecule has 0 spiro atoms. The van der Waals surface area contributed by atoms with Gasteiger partial charge in [0.1, 0.15) is 11.3 Å². The predicted octanol–water partition coefficient (Wildman–Crippen LogP) is 2.36.